The summed E-state index contributed by atoms with van der Waals surface area (Å²) in [7, 11) is 1.56. The summed E-state index contributed by atoms with van der Waals surface area (Å²) < 4.78 is 63.0. The molecule has 0 aliphatic heterocycles. The van der Waals surface area contributed by atoms with Gasteiger partial charge in [-0.05, 0) is 49.2 Å². The smallest absolute Gasteiger partial charge is 0.336 e. The van der Waals surface area contributed by atoms with E-state index in [0.29, 0.717) is 0 Å². The molecule has 0 saturated heterocycles. The number of aromatic nitrogens is 6. The van der Waals surface area contributed by atoms with Gasteiger partial charge in [-0.25, -0.2) is 8.78 Å². The summed E-state index contributed by atoms with van der Waals surface area (Å²) in [6, 6.07) is 9.07. The van der Waals surface area contributed by atoms with Crippen molar-refractivity contribution in [2.45, 2.75) is 24.8 Å². The second-order valence-electron chi connectivity index (χ2n) is 8.69. The van der Waals surface area contributed by atoms with E-state index in [1.165, 1.54) is 41.2 Å². The number of carbonyl (C=O) groups is 1. The quantitative estimate of drug-likeness (QED) is 0.373. The highest BCUT2D eigenvalue weighted by atomic mass is 19.3. The Morgan fingerprint density at radius 2 is 1.86 bits per heavy atom. The molecule has 36 heavy (non-hydrogen) atoms. The lowest BCUT2D eigenvalue weighted by Gasteiger charge is -2.15. The number of benzene rings is 2. The number of rotatable bonds is 5. The van der Waals surface area contributed by atoms with E-state index in [4.69, 9.17) is 0 Å². The van der Waals surface area contributed by atoms with Crippen LogP contribution in [0.1, 0.15) is 34.6 Å². The van der Waals surface area contributed by atoms with Gasteiger partial charge in [-0.2, -0.15) is 23.5 Å². The molecule has 0 radical (unpaired) electrons. The van der Waals surface area contributed by atoms with Crippen LogP contribution in [0.4, 0.5) is 17.6 Å². The third-order valence-corrected chi connectivity index (χ3v) is 6.04. The van der Waals surface area contributed by atoms with Gasteiger partial charge in [0.25, 0.3) is 5.91 Å². The van der Waals surface area contributed by atoms with Crippen molar-refractivity contribution >= 4 is 22.5 Å². The number of halogens is 4. The first-order chi connectivity index (χ1) is 17.2. The van der Waals surface area contributed by atoms with Gasteiger partial charge in [-0.3, -0.25) is 9.48 Å². The van der Waals surface area contributed by atoms with Crippen LogP contribution >= 0.6 is 0 Å². The lowest BCUT2D eigenvalue weighted by Crippen LogP contribution is -2.26. The second-order valence-corrected chi connectivity index (χ2v) is 8.69. The van der Waals surface area contributed by atoms with E-state index in [1.807, 2.05) is 0 Å². The van der Waals surface area contributed by atoms with E-state index in [9.17, 15) is 9.18 Å². The molecule has 2 aromatic carbocycles. The highest BCUT2D eigenvalue weighted by Gasteiger charge is 2.43. The molecule has 8 nitrogen and oxygen atoms in total. The molecule has 0 bridgehead atoms. The number of amides is 1. The van der Waals surface area contributed by atoms with E-state index in [1.54, 1.807) is 7.05 Å². The maximum atomic E-state index is 15.6. The van der Waals surface area contributed by atoms with Gasteiger partial charge in [0.2, 0.25) is 5.82 Å². The standard InChI is InChI=1S/C24H17F4N7O/c1-34-11-15-19(32-34)7-6-16(21(15)26)24(27,28)23-31-30-20-9-8-18(33-35(20)23)12-2-5-14(17(25)10-12)22(36)29-13-3-4-13/h2,5-11,13H,3-4H2,1H3,(H,29,36). The monoisotopic (exact) mass is 495 g/mol. The Labute approximate surface area is 200 Å². The molecular weight excluding hydrogens is 478 g/mol. The Morgan fingerprint density at radius 1 is 1.06 bits per heavy atom. The van der Waals surface area contributed by atoms with Gasteiger partial charge in [0.1, 0.15) is 11.6 Å². The van der Waals surface area contributed by atoms with Gasteiger partial charge >= 0.3 is 5.92 Å². The van der Waals surface area contributed by atoms with E-state index >= 15 is 13.2 Å². The predicted molar refractivity (Wildman–Crippen MR) is 120 cm³/mol. The Balaban J connectivity index is 1.40. The van der Waals surface area contributed by atoms with E-state index in [2.05, 4.69) is 25.7 Å². The first-order valence-corrected chi connectivity index (χ1v) is 11.1. The average Bonchev–Trinajstić information content (AvgIpc) is 3.40. The number of aryl methyl sites for hydroxylation is 1. The predicted octanol–water partition coefficient (Wildman–Crippen LogP) is 3.99. The maximum Gasteiger partial charge on any atom is 0.336 e. The minimum atomic E-state index is -3.89. The molecule has 1 aliphatic rings. The minimum absolute atomic E-state index is 0.00260. The number of hydrogen-bond donors (Lipinski definition) is 1. The fourth-order valence-corrected chi connectivity index (χ4v) is 4.03. The number of alkyl halides is 2. The van der Waals surface area contributed by atoms with Gasteiger partial charge in [0, 0.05) is 24.8 Å². The SMILES string of the molecule is Cn1cc2c(F)c(C(F)(F)c3nnc4ccc(-c5ccc(C(=O)NC6CC6)c(F)c5)nn34)ccc2n1. The third kappa shape index (κ3) is 3.56. The summed E-state index contributed by atoms with van der Waals surface area (Å²) in [5.74, 6) is -7.20. The Hall–Kier alpha value is -4.35. The van der Waals surface area contributed by atoms with Crippen LogP contribution in [0.15, 0.2) is 48.7 Å². The average molecular weight is 495 g/mol. The Kier molecular flexibility index (Phi) is 4.82. The van der Waals surface area contributed by atoms with E-state index in [-0.39, 0.29) is 39.4 Å². The zero-order chi connectivity index (χ0) is 25.2. The summed E-state index contributed by atoms with van der Waals surface area (Å²) in [6.45, 7) is 0. The molecule has 1 fully saturated rings. The molecule has 1 aliphatic carbocycles. The molecule has 3 aromatic heterocycles. The maximum absolute atomic E-state index is 15.6. The summed E-state index contributed by atoms with van der Waals surface area (Å²) in [6.07, 6.45) is 3.04. The van der Waals surface area contributed by atoms with Crippen molar-refractivity contribution in [1.29, 1.82) is 0 Å². The van der Waals surface area contributed by atoms with Crippen molar-refractivity contribution in [3.05, 3.63) is 77.2 Å². The zero-order valence-electron chi connectivity index (χ0n) is 18.7. The topological polar surface area (TPSA) is 90.0 Å². The molecule has 0 atom stereocenters. The molecule has 5 aromatic rings. The zero-order valence-corrected chi connectivity index (χ0v) is 18.7. The largest absolute Gasteiger partial charge is 0.349 e. The van der Waals surface area contributed by atoms with Crippen molar-refractivity contribution in [3.8, 4) is 11.3 Å². The highest BCUT2D eigenvalue weighted by molar-refractivity contribution is 5.95. The first kappa shape index (κ1) is 22.1. The number of hydrogen-bond acceptors (Lipinski definition) is 5. The van der Waals surface area contributed by atoms with Gasteiger partial charge in [0.15, 0.2) is 5.65 Å². The van der Waals surface area contributed by atoms with Crippen LogP contribution in [0.3, 0.4) is 0 Å². The van der Waals surface area contributed by atoms with Gasteiger partial charge in [-0.1, -0.05) is 6.07 Å². The number of nitrogens with zero attached hydrogens (tertiary/aromatic N) is 6. The van der Waals surface area contributed by atoms with Crippen LogP contribution in [-0.4, -0.2) is 41.5 Å². The Morgan fingerprint density at radius 3 is 2.61 bits per heavy atom. The van der Waals surface area contributed by atoms with E-state index < -0.39 is 34.9 Å². The lowest BCUT2D eigenvalue weighted by molar-refractivity contribution is 0.0271. The van der Waals surface area contributed by atoms with Crippen LogP contribution in [0.5, 0.6) is 0 Å². The summed E-state index contributed by atoms with van der Waals surface area (Å²) in [5.41, 5.74) is -0.403. The molecule has 1 saturated carbocycles. The van der Waals surface area contributed by atoms with Crippen molar-refractivity contribution < 1.29 is 22.4 Å². The fourth-order valence-electron chi connectivity index (χ4n) is 4.03. The van der Waals surface area contributed by atoms with Gasteiger partial charge < -0.3 is 5.32 Å². The Bertz CT molecular complexity index is 1670. The van der Waals surface area contributed by atoms with Gasteiger partial charge in [0.05, 0.1) is 27.7 Å². The van der Waals surface area contributed by atoms with Crippen molar-refractivity contribution in [3.63, 3.8) is 0 Å². The van der Waals surface area contributed by atoms with Crippen LogP contribution < -0.4 is 5.32 Å². The normalized spacial score (nSPS) is 14.0. The molecule has 6 rings (SSSR count). The summed E-state index contributed by atoms with van der Waals surface area (Å²) in [4.78, 5) is 12.2. The van der Waals surface area contributed by atoms with E-state index in [0.717, 1.165) is 29.5 Å². The molecular formula is C24H17F4N7O. The van der Waals surface area contributed by atoms with Crippen LogP contribution in [0.25, 0.3) is 27.8 Å². The van der Waals surface area contributed by atoms with Crippen molar-refractivity contribution in [1.82, 2.24) is 34.9 Å². The van der Waals surface area contributed by atoms with Crippen LogP contribution in [-0.2, 0) is 13.0 Å². The minimum Gasteiger partial charge on any atom is -0.349 e. The van der Waals surface area contributed by atoms with Crippen molar-refractivity contribution in [2.75, 3.05) is 0 Å². The molecule has 3 heterocycles. The molecule has 1 amide bonds. The molecule has 0 spiro atoms. The third-order valence-electron chi connectivity index (χ3n) is 6.04. The highest BCUT2D eigenvalue weighted by Crippen LogP contribution is 2.38. The first-order valence-electron chi connectivity index (χ1n) is 11.1. The molecule has 12 heteroatoms. The summed E-state index contributed by atoms with van der Waals surface area (Å²) >= 11 is 0. The second kappa shape index (κ2) is 7.83. The van der Waals surface area contributed by atoms with Crippen LogP contribution in [0.2, 0.25) is 0 Å². The molecule has 0 unspecified atom stereocenters. The van der Waals surface area contributed by atoms with Crippen LogP contribution in [0, 0.1) is 11.6 Å². The number of carbonyl (C=O) groups excluding carboxylic acids is 1. The summed E-state index contributed by atoms with van der Waals surface area (Å²) in [5, 5.41) is 18.2. The van der Waals surface area contributed by atoms with Gasteiger partial charge in [-0.15, -0.1) is 10.2 Å². The lowest BCUT2D eigenvalue weighted by atomic mass is 10.0. The number of nitrogens with one attached hydrogen (secondary N) is 1. The van der Waals surface area contributed by atoms with Crippen molar-refractivity contribution in [2.24, 2.45) is 7.05 Å². The fraction of sp³-hybridized carbons (Fsp3) is 0.208. The molecule has 182 valence electrons. The molecule has 1 N–H and O–H groups in total. The number of fused-ring (bicyclic) bond motifs is 2.